The Labute approximate surface area is 127 Å². The second-order valence-corrected chi connectivity index (χ2v) is 5.34. The van der Waals surface area contributed by atoms with Crippen molar-refractivity contribution in [1.82, 2.24) is 24.7 Å². The van der Waals surface area contributed by atoms with Crippen molar-refractivity contribution < 1.29 is 0 Å². The monoisotopic (exact) mass is 308 g/mol. The molecular weight excluding hydrogens is 288 g/mol. The highest BCUT2D eigenvalue weighted by molar-refractivity contribution is 7.98. The van der Waals surface area contributed by atoms with Gasteiger partial charge in [0, 0.05) is 18.9 Å². The number of unbranched alkanes of at least 4 members (excludes halogenated alkanes) is 2. The summed E-state index contributed by atoms with van der Waals surface area (Å²) in [7, 11) is 0. The van der Waals surface area contributed by atoms with E-state index in [1.54, 1.807) is 23.1 Å². The van der Waals surface area contributed by atoms with Gasteiger partial charge in [-0.3, -0.25) is 5.43 Å². The van der Waals surface area contributed by atoms with Gasteiger partial charge in [0.25, 0.3) is 5.95 Å². The summed E-state index contributed by atoms with van der Waals surface area (Å²) in [6.45, 7) is 0.820. The van der Waals surface area contributed by atoms with E-state index < -0.39 is 0 Å². The van der Waals surface area contributed by atoms with Crippen LogP contribution in [0.5, 0.6) is 0 Å². The fourth-order valence-electron chi connectivity index (χ4n) is 1.75. The van der Waals surface area contributed by atoms with Crippen LogP contribution in [0.15, 0.2) is 18.5 Å². The molecular formula is C12H20N8S. The highest BCUT2D eigenvalue weighted by atomic mass is 32.2. The highest BCUT2D eigenvalue weighted by Gasteiger charge is 2.07. The SMILES string of the molecule is CSCCCCCNc1nc(NN)nc(-n2cccn2)n1. The molecule has 2 aromatic rings. The molecule has 4 N–H and O–H groups in total. The van der Waals surface area contributed by atoms with Gasteiger partial charge in [0.15, 0.2) is 0 Å². The van der Waals surface area contributed by atoms with E-state index >= 15 is 0 Å². The topological polar surface area (TPSA) is 107 Å². The Kier molecular flexibility index (Phi) is 6.22. The molecule has 0 aliphatic heterocycles. The molecule has 2 aromatic heterocycles. The molecule has 0 unspecified atom stereocenters. The molecule has 0 saturated heterocycles. The van der Waals surface area contributed by atoms with Crippen LogP contribution < -0.4 is 16.6 Å². The minimum Gasteiger partial charge on any atom is -0.354 e. The summed E-state index contributed by atoms with van der Waals surface area (Å²) in [5.41, 5.74) is 2.44. The second kappa shape index (κ2) is 8.42. The first-order valence-corrected chi connectivity index (χ1v) is 8.18. The summed E-state index contributed by atoms with van der Waals surface area (Å²) < 4.78 is 1.56. The largest absolute Gasteiger partial charge is 0.354 e. The zero-order valence-electron chi connectivity index (χ0n) is 12.0. The molecule has 0 radical (unpaired) electrons. The van der Waals surface area contributed by atoms with E-state index in [-0.39, 0.29) is 0 Å². The van der Waals surface area contributed by atoms with Crippen LogP contribution in [0, 0.1) is 0 Å². The van der Waals surface area contributed by atoms with Gasteiger partial charge in [-0.05, 0) is 30.9 Å². The lowest BCUT2D eigenvalue weighted by Gasteiger charge is -2.08. The standard InChI is InChI=1S/C12H20N8S/c1-21-9-4-2-3-6-14-10-16-11(19-13)18-12(17-10)20-8-5-7-15-20/h5,7-8H,2-4,6,9,13H2,1H3,(H2,14,16,17,18,19). The van der Waals surface area contributed by atoms with Crippen molar-refractivity contribution in [3.63, 3.8) is 0 Å². The van der Waals surface area contributed by atoms with Crippen molar-refractivity contribution in [3.8, 4) is 5.95 Å². The minimum absolute atomic E-state index is 0.306. The quantitative estimate of drug-likeness (QED) is 0.361. The molecule has 0 fully saturated rings. The first-order valence-electron chi connectivity index (χ1n) is 6.79. The molecule has 2 rings (SSSR count). The molecule has 0 spiro atoms. The van der Waals surface area contributed by atoms with Crippen LogP contribution in [-0.2, 0) is 0 Å². The number of hydrogen-bond acceptors (Lipinski definition) is 8. The number of nitrogens with one attached hydrogen (secondary N) is 2. The summed E-state index contributed by atoms with van der Waals surface area (Å²) in [6.07, 6.45) is 9.05. The number of nitrogens with zero attached hydrogens (tertiary/aromatic N) is 5. The predicted octanol–water partition coefficient (Wildman–Crippen LogP) is 1.29. The fraction of sp³-hybridized carbons (Fsp3) is 0.500. The molecule has 0 saturated carbocycles. The van der Waals surface area contributed by atoms with Gasteiger partial charge in [-0.15, -0.1) is 0 Å². The van der Waals surface area contributed by atoms with Crippen LogP contribution in [0.1, 0.15) is 19.3 Å². The van der Waals surface area contributed by atoms with Gasteiger partial charge < -0.3 is 5.32 Å². The molecule has 0 atom stereocenters. The molecule has 0 amide bonds. The number of hydrogen-bond donors (Lipinski definition) is 3. The highest BCUT2D eigenvalue weighted by Crippen LogP contribution is 2.08. The normalized spacial score (nSPS) is 10.6. The van der Waals surface area contributed by atoms with Gasteiger partial charge in [-0.25, -0.2) is 10.5 Å². The molecule has 0 bridgehead atoms. The van der Waals surface area contributed by atoms with Crippen molar-refractivity contribution >= 4 is 23.7 Å². The Morgan fingerprint density at radius 2 is 2.05 bits per heavy atom. The zero-order chi connectivity index (χ0) is 14.9. The lowest BCUT2D eigenvalue weighted by molar-refractivity contribution is 0.741. The summed E-state index contributed by atoms with van der Waals surface area (Å²) in [6, 6.07) is 1.80. The Morgan fingerprint density at radius 1 is 1.19 bits per heavy atom. The molecule has 21 heavy (non-hydrogen) atoms. The van der Waals surface area contributed by atoms with Crippen molar-refractivity contribution in [2.24, 2.45) is 5.84 Å². The first-order chi connectivity index (χ1) is 10.3. The van der Waals surface area contributed by atoms with Crippen molar-refractivity contribution in [2.75, 3.05) is 29.3 Å². The third-order valence-electron chi connectivity index (χ3n) is 2.77. The zero-order valence-corrected chi connectivity index (χ0v) is 12.8. The lowest BCUT2D eigenvalue weighted by Crippen LogP contribution is -2.16. The first kappa shape index (κ1) is 15.5. The summed E-state index contributed by atoms with van der Waals surface area (Å²) in [4.78, 5) is 12.7. The Hall–Kier alpha value is -1.87. The van der Waals surface area contributed by atoms with E-state index in [0.29, 0.717) is 17.8 Å². The average molecular weight is 308 g/mol. The maximum absolute atomic E-state index is 5.39. The molecule has 8 nitrogen and oxygen atoms in total. The number of hydrazine groups is 1. The lowest BCUT2D eigenvalue weighted by atomic mass is 10.2. The van der Waals surface area contributed by atoms with Crippen molar-refractivity contribution in [1.29, 1.82) is 0 Å². The van der Waals surface area contributed by atoms with Crippen LogP contribution in [0.2, 0.25) is 0 Å². The Bertz CT molecular complexity index is 530. The van der Waals surface area contributed by atoms with Crippen LogP contribution in [0.3, 0.4) is 0 Å². The second-order valence-electron chi connectivity index (χ2n) is 4.36. The van der Waals surface area contributed by atoms with E-state index in [1.807, 2.05) is 11.8 Å². The van der Waals surface area contributed by atoms with Gasteiger partial charge in [-0.1, -0.05) is 6.42 Å². The summed E-state index contributed by atoms with van der Waals surface area (Å²) in [5, 5.41) is 7.29. The number of nitrogens with two attached hydrogens (primary N) is 1. The van der Waals surface area contributed by atoms with Crippen molar-refractivity contribution in [3.05, 3.63) is 18.5 Å². The van der Waals surface area contributed by atoms with Crippen LogP contribution in [0.25, 0.3) is 5.95 Å². The Morgan fingerprint density at radius 3 is 2.76 bits per heavy atom. The summed E-state index contributed by atoms with van der Waals surface area (Å²) >= 11 is 1.88. The summed E-state index contributed by atoms with van der Waals surface area (Å²) in [5.74, 6) is 7.82. The van der Waals surface area contributed by atoms with Crippen molar-refractivity contribution in [2.45, 2.75) is 19.3 Å². The van der Waals surface area contributed by atoms with Gasteiger partial charge in [0.05, 0.1) is 0 Å². The van der Waals surface area contributed by atoms with Crippen LogP contribution >= 0.6 is 11.8 Å². The maximum atomic E-state index is 5.39. The third-order valence-corrected chi connectivity index (χ3v) is 3.47. The molecule has 0 aliphatic rings. The van der Waals surface area contributed by atoms with Gasteiger partial charge in [0.1, 0.15) is 0 Å². The molecule has 114 valence electrons. The van der Waals surface area contributed by atoms with E-state index in [9.17, 15) is 0 Å². The van der Waals surface area contributed by atoms with Gasteiger partial charge >= 0.3 is 0 Å². The Balaban J connectivity index is 1.94. The molecule has 0 aromatic carbocycles. The van der Waals surface area contributed by atoms with E-state index in [2.05, 4.69) is 37.0 Å². The number of aromatic nitrogens is 5. The number of nitrogen functional groups attached to an aromatic ring is 1. The smallest absolute Gasteiger partial charge is 0.257 e. The van der Waals surface area contributed by atoms with Crippen LogP contribution in [0.4, 0.5) is 11.9 Å². The number of thioether (sulfide) groups is 1. The predicted molar refractivity (Wildman–Crippen MR) is 85.5 cm³/mol. The molecule has 2 heterocycles. The van der Waals surface area contributed by atoms with Crippen LogP contribution in [-0.4, -0.2) is 43.3 Å². The number of anilines is 2. The van der Waals surface area contributed by atoms with E-state index in [4.69, 9.17) is 5.84 Å². The average Bonchev–Trinajstić information content (AvgIpc) is 3.05. The molecule has 9 heteroatoms. The van der Waals surface area contributed by atoms with Gasteiger partial charge in [-0.2, -0.15) is 31.8 Å². The van der Waals surface area contributed by atoms with E-state index in [1.165, 1.54) is 18.6 Å². The molecule has 0 aliphatic carbocycles. The van der Waals surface area contributed by atoms with E-state index in [0.717, 1.165) is 13.0 Å². The van der Waals surface area contributed by atoms with Gasteiger partial charge in [0.2, 0.25) is 11.9 Å². The minimum atomic E-state index is 0.306. The third kappa shape index (κ3) is 4.87. The number of rotatable bonds is 9. The maximum Gasteiger partial charge on any atom is 0.257 e. The fourth-order valence-corrected chi connectivity index (χ4v) is 2.24.